The van der Waals surface area contributed by atoms with Crippen molar-refractivity contribution in [3.63, 3.8) is 0 Å². The van der Waals surface area contributed by atoms with Crippen LogP contribution in [0, 0.1) is 0 Å². The van der Waals surface area contributed by atoms with E-state index in [9.17, 15) is 24.3 Å². The number of halogens is 1. The number of carbonyl (C=O) groups is 2. The van der Waals surface area contributed by atoms with Crippen LogP contribution >= 0.6 is 11.6 Å². The first-order valence-corrected chi connectivity index (χ1v) is 9.81. The van der Waals surface area contributed by atoms with Crippen molar-refractivity contribution in [2.24, 2.45) is 7.05 Å². The second-order valence-corrected chi connectivity index (χ2v) is 7.83. The van der Waals surface area contributed by atoms with E-state index in [1.807, 2.05) is 0 Å². The van der Waals surface area contributed by atoms with Gasteiger partial charge in [0.25, 0.3) is 5.56 Å². The Labute approximate surface area is 170 Å². The normalized spacial score (nSPS) is 19.4. The quantitative estimate of drug-likeness (QED) is 0.463. The molecule has 0 atom stereocenters. The molecule has 29 heavy (non-hydrogen) atoms. The van der Waals surface area contributed by atoms with Crippen molar-refractivity contribution in [3.8, 4) is 0 Å². The minimum Gasteiger partial charge on any atom is -0.506 e. The Morgan fingerprint density at radius 2 is 1.83 bits per heavy atom. The van der Waals surface area contributed by atoms with Crippen LogP contribution in [0.1, 0.15) is 43.7 Å². The van der Waals surface area contributed by atoms with Crippen LogP contribution in [0.4, 0.5) is 0 Å². The zero-order chi connectivity index (χ0) is 20.9. The van der Waals surface area contributed by atoms with Gasteiger partial charge in [-0.15, -0.1) is 0 Å². The molecule has 1 aromatic carbocycles. The Kier molecular flexibility index (Phi) is 4.78. The number of fused-ring (bicyclic) bond motifs is 1. The van der Waals surface area contributed by atoms with E-state index in [2.05, 4.69) is 0 Å². The van der Waals surface area contributed by atoms with E-state index >= 15 is 0 Å². The van der Waals surface area contributed by atoms with Gasteiger partial charge in [-0.2, -0.15) is 0 Å². The molecule has 0 amide bonds. The van der Waals surface area contributed by atoms with E-state index in [4.69, 9.17) is 11.6 Å². The highest BCUT2D eigenvalue weighted by Gasteiger charge is 2.27. The van der Waals surface area contributed by atoms with Crippen molar-refractivity contribution in [3.05, 3.63) is 61.3 Å². The van der Waals surface area contributed by atoms with Gasteiger partial charge < -0.3 is 5.11 Å². The molecule has 2 aliphatic rings. The fourth-order valence-corrected chi connectivity index (χ4v) is 4.39. The number of Topliss-reactive ketones (excluding diaryl/α,β-unsaturated/α-hetero) is 1. The van der Waals surface area contributed by atoms with Gasteiger partial charge >= 0.3 is 5.69 Å². The lowest BCUT2D eigenvalue weighted by molar-refractivity contribution is -0.119. The van der Waals surface area contributed by atoms with Crippen molar-refractivity contribution in [1.82, 2.24) is 9.13 Å². The second-order valence-electron chi connectivity index (χ2n) is 7.42. The van der Waals surface area contributed by atoms with Crippen molar-refractivity contribution >= 4 is 39.8 Å². The molecular weight excluding hydrogens is 396 g/mol. The molecule has 0 saturated heterocycles. The third-order valence-corrected chi connectivity index (χ3v) is 5.98. The van der Waals surface area contributed by atoms with Crippen LogP contribution < -0.4 is 11.2 Å². The summed E-state index contributed by atoms with van der Waals surface area (Å²) in [5.74, 6) is -1.68. The molecule has 0 unspecified atom stereocenters. The zero-order valence-electron chi connectivity index (χ0n) is 15.8. The van der Waals surface area contributed by atoms with Gasteiger partial charge in [-0.1, -0.05) is 30.5 Å². The summed E-state index contributed by atoms with van der Waals surface area (Å²) in [7, 11) is 1.54. The van der Waals surface area contributed by atoms with Crippen LogP contribution in [0.25, 0.3) is 16.7 Å². The number of aliphatic hydroxyl groups excluding tert-OH is 1. The zero-order valence-corrected chi connectivity index (χ0v) is 16.5. The first kappa shape index (κ1) is 19.4. The summed E-state index contributed by atoms with van der Waals surface area (Å²) in [5, 5.41) is 10.9. The van der Waals surface area contributed by atoms with Gasteiger partial charge in [0.05, 0.1) is 15.9 Å². The molecule has 150 valence electrons. The number of aryl methyl sites for hydroxylation is 1. The molecule has 7 nitrogen and oxygen atoms in total. The van der Waals surface area contributed by atoms with Crippen LogP contribution in [-0.2, 0) is 16.6 Å². The number of ketones is 2. The SMILES string of the molecule is Cn1c(=O)n(C2CCCC2)c(=O)c2cc(Cl)c(/C(O)=C3/C(=O)C=CCC3=O)cc21. The molecule has 1 saturated carbocycles. The fraction of sp³-hybridized carbons (Fsp3) is 0.333. The van der Waals surface area contributed by atoms with Crippen molar-refractivity contribution in [1.29, 1.82) is 0 Å². The summed E-state index contributed by atoms with van der Waals surface area (Å²) in [5.41, 5.74) is -0.921. The highest BCUT2D eigenvalue weighted by molar-refractivity contribution is 6.35. The molecule has 0 bridgehead atoms. The number of hydrogen-bond acceptors (Lipinski definition) is 5. The topological polar surface area (TPSA) is 98.4 Å². The van der Waals surface area contributed by atoms with Crippen LogP contribution in [0.5, 0.6) is 0 Å². The summed E-state index contributed by atoms with van der Waals surface area (Å²) >= 11 is 6.32. The molecule has 0 aliphatic heterocycles. The maximum Gasteiger partial charge on any atom is 0.331 e. The average molecular weight is 415 g/mol. The summed E-state index contributed by atoms with van der Waals surface area (Å²) in [6, 6.07) is 2.62. The lowest BCUT2D eigenvalue weighted by atomic mass is 9.94. The molecule has 8 heteroatoms. The number of carbonyl (C=O) groups excluding carboxylic acids is 2. The molecule has 0 spiro atoms. The molecular formula is C21H19ClN2O5. The van der Waals surface area contributed by atoms with E-state index in [1.165, 1.54) is 40.5 Å². The molecule has 2 aliphatic carbocycles. The van der Waals surface area contributed by atoms with E-state index in [0.29, 0.717) is 0 Å². The summed E-state index contributed by atoms with van der Waals surface area (Å²) in [6.45, 7) is 0. The van der Waals surface area contributed by atoms with Gasteiger partial charge in [-0.3, -0.25) is 23.5 Å². The first-order chi connectivity index (χ1) is 13.8. The third kappa shape index (κ3) is 3.06. The van der Waals surface area contributed by atoms with E-state index in [-0.39, 0.29) is 39.5 Å². The Hall–Kier alpha value is -2.93. The Balaban J connectivity index is 1.98. The lowest BCUT2D eigenvalue weighted by Gasteiger charge is -2.17. The van der Waals surface area contributed by atoms with Crippen LogP contribution in [0.2, 0.25) is 5.02 Å². The predicted octanol–water partition coefficient (Wildman–Crippen LogP) is 2.84. The number of nitrogens with zero attached hydrogens (tertiary/aromatic N) is 2. The smallest absolute Gasteiger partial charge is 0.331 e. The maximum absolute atomic E-state index is 13.0. The minimum atomic E-state index is -0.611. The Morgan fingerprint density at radius 1 is 1.14 bits per heavy atom. The Bertz CT molecular complexity index is 1240. The summed E-state index contributed by atoms with van der Waals surface area (Å²) in [6.07, 6.45) is 6.14. The molecule has 1 fully saturated rings. The number of benzene rings is 1. The van der Waals surface area contributed by atoms with Gasteiger partial charge in [0.2, 0.25) is 0 Å². The van der Waals surface area contributed by atoms with E-state index in [0.717, 1.165) is 25.7 Å². The van der Waals surface area contributed by atoms with Crippen molar-refractivity contribution < 1.29 is 14.7 Å². The van der Waals surface area contributed by atoms with Gasteiger partial charge in [-0.25, -0.2) is 4.79 Å². The molecule has 2 aromatic rings. The predicted molar refractivity (Wildman–Crippen MR) is 109 cm³/mol. The van der Waals surface area contributed by atoms with Crippen LogP contribution in [0.15, 0.2) is 39.4 Å². The first-order valence-electron chi connectivity index (χ1n) is 9.43. The van der Waals surface area contributed by atoms with E-state index in [1.54, 1.807) is 0 Å². The van der Waals surface area contributed by atoms with E-state index < -0.39 is 28.6 Å². The van der Waals surface area contributed by atoms with Crippen LogP contribution in [0.3, 0.4) is 0 Å². The largest absolute Gasteiger partial charge is 0.506 e. The lowest BCUT2D eigenvalue weighted by Crippen LogP contribution is -2.41. The standard InChI is InChI=1S/C21H19ClN2O5/c1-23-15-10-12(19(27)18-16(25)7-4-8-17(18)26)14(22)9-13(15)20(28)24(21(23)29)11-5-2-3-6-11/h4,7,9-11,27H,2-3,5-6,8H2,1H3/b19-18+. The van der Waals surface area contributed by atoms with Gasteiger partial charge in [-0.05, 0) is 31.1 Å². The fourth-order valence-electron chi connectivity index (χ4n) is 4.14. The van der Waals surface area contributed by atoms with Gasteiger partial charge in [0.15, 0.2) is 11.6 Å². The maximum atomic E-state index is 13.0. The second kappa shape index (κ2) is 7.15. The number of aliphatic hydroxyl groups is 1. The molecule has 1 heterocycles. The van der Waals surface area contributed by atoms with Gasteiger partial charge in [0.1, 0.15) is 11.3 Å². The molecule has 4 rings (SSSR count). The Morgan fingerprint density at radius 3 is 2.48 bits per heavy atom. The minimum absolute atomic E-state index is 0.000909. The number of rotatable bonds is 2. The van der Waals surface area contributed by atoms with Gasteiger partial charge in [0, 0.05) is 25.1 Å². The molecule has 0 radical (unpaired) electrons. The summed E-state index contributed by atoms with van der Waals surface area (Å²) in [4.78, 5) is 50.1. The number of aromatic nitrogens is 2. The third-order valence-electron chi connectivity index (χ3n) is 5.67. The molecule has 1 N–H and O–H groups in total. The average Bonchev–Trinajstić information content (AvgIpc) is 3.20. The number of hydrogen-bond donors (Lipinski definition) is 1. The highest BCUT2D eigenvalue weighted by Crippen LogP contribution is 2.31. The number of allylic oxidation sites excluding steroid dienone is 3. The highest BCUT2D eigenvalue weighted by atomic mass is 35.5. The summed E-state index contributed by atoms with van der Waals surface area (Å²) < 4.78 is 2.61. The molecule has 1 aromatic heterocycles. The van der Waals surface area contributed by atoms with Crippen molar-refractivity contribution in [2.45, 2.75) is 38.1 Å². The monoisotopic (exact) mass is 414 g/mol. The van der Waals surface area contributed by atoms with Crippen LogP contribution in [-0.4, -0.2) is 25.8 Å². The van der Waals surface area contributed by atoms with Crippen molar-refractivity contribution in [2.75, 3.05) is 0 Å².